The monoisotopic (exact) mass is 382 g/mol. The molecule has 0 bridgehead atoms. The predicted octanol–water partition coefficient (Wildman–Crippen LogP) is 3.82. The molecule has 1 amide bonds. The lowest BCUT2D eigenvalue weighted by Gasteiger charge is -2.16. The fraction of sp³-hybridized carbons (Fsp3) is 0.158. The molecule has 0 spiro atoms. The zero-order valence-electron chi connectivity index (χ0n) is 14.4. The third-order valence-corrected chi connectivity index (χ3v) is 4.40. The number of carbonyl (C=O) groups excluding carboxylic acids is 2. The van der Waals surface area contributed by atoms with Gasteiger partial charge in [-0.05, 0) is 37.3 Å². The molecule has 7 nitrogen and oxygen atoms in total. The van der Waals surface area contributed by atoms with Crippen LogP contribution in [0.2, 0.25) is 5.02 Å². The zero-order chi connectivity index (χ0) is 19.0. The number of halogens is 1. The summed E-state index contributed by atoms with van der Waals surface area (Å²) >= 11 is 6.12. The molecular formula is C19H15ClN4O3. The number of hydrogen-bond donors (Lipinski definition) is 2. The number of aliphatic imine (C=N–C) groups is 1. The smallest absolute Gasteiger partial charge is 0.413 e. The van der Waals surface area contributed by atoms with E-state index in [4.69, 9.17) is 16.3 Å². The Morgan fingerprint density at radius 2 is 2.11 bits per heavy atom. The molecule has 0 radical (unpaired) electrons. The fourth-order valence-corrected chi connectivity index (χ4v) is 3.18. The number of aromatic nitrogens is 2. The highest BCUT2D eigenvalue weighted by Crippen LogP contribution is 2.26. The van der Waals surface area contributed by atoms with Gasteiger partial charge in [0.15, 0.2) is 5.78 Å². The second-order valence-corrected chi connectivity index (χ2v) is 6.38. The lowest BCUT2D eigenvalue weighted by molar-refractivity contribution is 0.1000. The zero-order valence-corrected chi connectivity index (χ0v) is 15.1. The number of imidazole rings is 1. The predicted molar refractivity (Wildman–Crippen MR) is 103 cm³/mol. The highest BCUT2D eigenvalue weighted by atomic mass is 35.5. The molecule has 27 heavy (non-hydrogen) atoms. The van der Waals surface area contributed by atoms with Gasteiger partial charge in [0.05, 0.1) is 23.4 Å². The molecule has 2 N–H and O–H groups in total. The molecule has 2 heterocycles. The molecule has 2 aromatic carbocycles. The average Bonchev–Trinajstić information content (AvgIpc) is 3.03. The Morgan fingerprint density at radius 3 is 2.93 bits per heavy atom. The standard InChI is InChI=1S/C19H15ClN4O3/c1-2-27-19(26)24-18-22-14-6-3-10(7-15(14)23-18)17-13-8-11(20)4-5-12(13)16(25)9-21-17/h3-8H,2,9H2,1H3,(H2,22,23,24,26). The first kappa shape index (κ1) is 17.2. The number of carbonyl (C=O) groups is 2. The number of fused-ring (bicyclic) bond motifs is 2. The van der Waals surface area contributed by atoms with Gasteiger partial charge in [-0.1, -0.05) is 17.7 Å². The van der Waals surface area contributed by atoms with Crippen molar-refractivity contribution in [2.45, 2.75) is 6.92 Å². The molecule has 0 unspecified atom stereocenters. The molecule has 1 aliphatic rings. The molecule has 8 heteroatoms. The molecule has 3 aromatic rings. The van der Waals surface area contributed by atoms with Crippen molar-refractivity contribution in [3.05, 3.63) is 58.1 Å². The van der Waals surface area contributed by atoms with E-state index in [0.29, 0.717) is 33.3 Å². The Balaban J connectivity index is 1.72. The lowest BCUT2D eigenvalue weighted by atomic mass is 9.92. The highest BCUT2D eigenvalue weighted by molar-refractivity contribution is 6.32. The Labute approximate surface area is 159 Å². The van der Waals surface area contributed by atoms with Crippen LogP contribution in [0.25, 0.3) is 11.0 Å². The summed E-state index contributed by atoms with van der Waals surface area (Å²) in [5, 5.41) is 3.08. The maximum Gasteiger partial charge on any atom is 0.413 e. The van der Waals surface area contributed by atoms with Gasteiger partial charge < -0.3 is 9.72 Å². The molecule has 4 rings (SSSR count). The molecular weight excluding hydrogens is 368 g/mol. The second kappa shape index (κ2) is 6.85. The van der Waals surface area contributed by atoms with Crippen molar-refractivity contribution in [2.24, 2.45) is 4.99 Å². The van der Waals surface area contributed by atoms with E-state index >= 15 is 0 Å². The van der Waals surface area contributed by atoms with Crippen LogP contribution in [-0.2, 0) is 4.74 Å². The highest BCUT2D eigenvalue weighted by Gasteiger charge is 2.22. The quantitative estimate of drug-likeness (QED) is 0.719. The summed E-state index contributed by atoms with van der Waals surface area (Å²) in [4.78, 5) is 35.5. The summed E-state index contributed by atoms with van der Waals surface area (Å²) in [6.07, 6.45) is -0.574. The van der Waals surface area contributed by atoms with Crippen LogP contribution in [0.1, 0.15) is 28.4 Å². The number of Topliss-reactive ketones (excluding diaryl/α,β-unsaturated/α-hetero) is 1. The molecule has 1 aliphatic heterocycles. The van der Waals surface area contributed by atoms with Gasteiger partial charge in [0.1, 0.15) is 6.54 Å². The van der Waals surface area contributed by atoms with Gasteiger partial charge in [-0.15, -0.1) is 0 Å². The molecule has 0 saturated heterocycles. The minimum atomic E-state index is -0.574. The van der Waals surface area contributed by atoms with Crippen LogP contribution < -0.4 is 5.32 Å². The Bertz CT molecular complexity index is 1100. The van der Waals surface area contributed by atoms with Crippen LogP contribution in [-0.4, -0.2) is 40.7 Å². The number of aromatic amines is 1. The number of nitrogens with one attached hydrogen (secondary N) is 2. The Morgan fingerprint density at radius 1 is 1.26 bits per heavy atom. The minimum absolute atomic E-state index is 0.0334. The Hall–Kier alpha value is -3.19. The van der Waals surface area contributed by atoms with Gasteiger partial charge in [-0.3, -0.25) is 15.1 Å². The van der Waals surface area contributed by atoms with Crippen molar-refractivity contribution in [3.8, 4) is 0 Å². The topological polar surface area (TPSA) is 96.4 Å². The lowest BCUT2D eigenvalue weighted by Crippen LogP contribution is -2.19. The van der Waals surface area contributed by atoms with Crippen LogP contribution in [0.4, 0.5) is 10.7 Å². The van der Waals surface area contributed by atoms with Crippen LogP contribution >= 0.6 is 11.6 Å². The molecule has 1 aromatic heterocycles. The molecule has 0 atom stereocenters. The van der Waals surface area contributed by atoms with Gasteiger partial charge in [-0.25, -0.2) is 9.78 Å². The number of ether oxygens (including phenoxy) is 1. The largest absolute Gasteiger partial charge is 0.450 e. The number of anilines is 1. The van der Waals surface area contributed by atoms with Crippen molar-refractivity contribution in [1.82, 2.24) is 9.97 Å². The number of hydrogen-bond acceptors (Lipinski definition) is 5. The number of H-pyrrole nitrogens is 1. The van der Waals surface area contributed by atoms with Gasteiger partial charge >= 0.3 is 6.09 Å². The van der Waals surface area contributed by atoms with Crippen molar-refractivity contribution in [3.63, 3.8) is 0 Å². The number of nitrogens with zero attached hydrogens (tertiary/aromatic N) is 2. The number of benzene rings is 2. The van der Waals surface area contributed by atoms with E-state index in [0.717, 1.165) is 11.1 Å². The minimum Gasteiger partial charge on any atom is -0.450 e. The first-order valence-corrected chi connectivity index (χ1v) is 8.74. The molecule has 0 saturated carbocycles. The van der Waals surface area contributed by atoms with E-state index in [-0.39, 0.29) is 18.9 Å². The van der Waals surface area contributed by atoms with Crippen molar-refractivity contribution >= 4 is 46.2 Å². The number of amides is 1. The molecule has 136 valence electrons. The van der Waals surface area contributed by atoms with E-state index < -0.39 is 6.09 Å². The summed E-state index contributed by atoms with van der Waals surface area (Å²) < 4.78 is 4.85. The summed E-state index contributed by atoms with van der Waals surface area (Å²) in [5.41, 5.74) is 4.25. The van der Waals surface area contributed by atoms with Crippen molar-refractivity contribution in [2.75, 3.05) is 18.5 Å². The van der Waals surface area contributed by atoms with Gasteiger partial charge in [0.2, 0.25) is 5.95 Å². The van der Waals surface area contributed by atoms with E-state index in [9.17, 15) is 9.59 Å². The molecule has 0 fully saturated rings. The van der Waals surface area contributed by atoms with E-state index in [1.54, 1.807) is 25.1 Å². The summed E-state index contributed by atoms with van der Waals surface area (Å²) in [7, 11) is 0. The maximum absolute atomic E-state index is 12.1. The molecule has 0 aliphatic carbocycles. The third kappa shape index (κ3) is 3.29. The third-order valence-electron chi connectivity index (χ3n) is 4.17. The summed E-state index contributed by atoms with van der Waals surface area (Å²) in [6.45, 7) is 2.10. The number of rotatable bonds is 3. The SMILES string of the molecule is CCOC(=O)Nc1nc2ccc(C3=NCC(=O)c4ccc(Cl)cc43)cc2[nH]1. The van der Waals surface area contributed by atoms with Crippen molar-refractivity contribution < 1.29 is 14.3 Å². The second-order valence-electron chi connectivity index (χ2n) is 5.94. The van der Waals surface area contributed by atoms with Crippen LogP contribution in [0.3, 0.4) is 0 Å². The normalized spacial score (nSPS) is 13.3. The van der Waals surface area contributed by atoms with E-state index in [2.05, 4.69) is 20.3 Å². The summed E-state index contributed by atoms with van der Waals surface area (Å²) in [6, 6.07) is 10.7. The maximum atomic E-state index is 12.1. The van der Waals surface area contributed by atoms with Crippen LogP contribution in [0, 0.1) is 0 Å². The summed E-state index contributed by atoms with van der Waals surface area (Å²) in [5.74, 6) is 0.263. The van der Waals surface area contributed by atoms with Crippen molar-refractivity contribution in [1.29, 1.82) is 0 Å². The first-order chi connectivity index (χ1) is 13.0. The van der Waals surface area contributed by atoms with Gasteiger partial charge in [0.25, 0.3) is 0 Å². The first-order valence-electron chi connectivity index (χ1n) is 8.36. The van der Waals surface area contributed by atoms with Gasteiger partial charge in [-0.2, -0.15) is 0 Å². The Kier molecular flexibility index (Phi) is 4.37. The van der Waals surface area contributed by atoms with Crippen LogP contribution in [0.15, 0.2) is 41.4 Å². The van der Waals surface area contributed by atoms with Gasteiger partial charge in [0, 0.05) is 21.7 Å². The van der Waals surface area contributed by atoms with Crippen LogP contribution in [0.5, 0.6) is 0 Å². The van der Waals surface area contributed by atoms with E-state index in [1.807, 2.05) is 18.2 Å². The fourth-order valence-electron chi connectivity index (χ4n) is 3.00. The number of ketones is 1. The average molecular weight is 383 g/mol. The van der Waals surface area contributed by atoms with E-state index in [1.165, 1.54) is 0 Å².